The Balaban J connectivity index is 1.42. The number of fused-ring (bicyclic) bond motifs is 1. The second kappa shape index (κ2) is 11.7. The molecule has 0 bridgehead atoms. The average Bonchev–Trinajstić information content (AvgIpc) is 3.44. The van der Waals surface area contributed by atoms with Crippen molar-refractivity contribution in [2.75, 3.05) is 6.61 Å². The van der Waals surface area contributed by atoms with E-state index in [-0.39, 0.29) is 17.9 Å². The molecule has 1 saturated carbocycles. The first-order chi connectivity index (χ1) is 18.5. The number of nitrogens with one attached hydrogen (secondary N) is 1. The molecule has 1 N–H and O–H groups in total. The zero-order valence-corrected chi connectivity index (χ0v) is 23.5. The number of aromatic nitrogens is 1. The predicted octanol–water partition coefficient (Wildman–Crippen LogP) is 7.02. The standard InChI is InChI=1S/C31H37N3O3S/c1-4-37-31(36)22-14-16-25(17-15-22)34-20(2)18-23(21(34)3)19-32-30-28(26-12-8-9-13-27(26)38-30)29(35)33-24-10-6-5-7-11-24/h14-19,24H,4-13H2,1-3H3,(H,33,35). The average molecular weight is 532 g/mol. The molecule has 38 heavy (non-hydrogen) atoms. The molecule has 1 amide bonds. The highest BCUT2D eigenvalue weighted by atomic mass is 32.1. The topological polar surface area (TPSA) is 72.7 Å². The Hall–Kier alpha value is -3.19. The lowest BCUT2D eigenvalue weighted by atomic mass is 9.93. The van der Waals surface area contributed by atoms with Crippen LogP contribution in [0.5, 0.6) is 0 Å². The van der Waals surface area contributed by atoms with Crippen LogP contribution in [0.2, 0.25) is 0 Å². The Morgan fingerprint density at radius 2 is 1.82 bits per heavy atom. The Morgan fingerprint density at radius 1 is 1.08 bits per heavy atom. The monoisotopic (exact) mass is 531 g/mol. The number of rotatable bonds is 7. The fourth-order valence-corrected chi connectivity index (χ4v) is 7.02. The smallest absolute Gasteiger partial charge is 0.338 e. The van der Waals surface area contributed by atoms with E-state index in [2.05, 4.69) is 29.8 Å². The molecule has 1 aromatic carbocycles. The van der Waals surface area contributed by atoms with Crippen LogP contribution >= 0.6 is 11.3 Å². The molecule has 0 aliphatic heterocycles. The molecule has 0 spiro atoms. The van der Waals surface area contributed by atoms with E-state index in [4.69, 9.17) is 9.73 Å². The van der Waals surface area contributed by atoms with Gasteiger partial charge in [0.15, 0.2) is 0 Å². The highest BCUT2D eigenvalue weighted by Crippen LogP contribution is 2.40. The number of esters is 1. The van der Waals surface area contributed by atoms with Gasteiger partial charge >= 0.3 is 5.97 Å². The summed E-state index contributed by atoms with van der Waals surface area (Å²) in [5.74, 6) is -0.259. The van der Waals surface area contributed by atoms with Gasteiger partial charge in [-0.25, -0.2) is 9.79 Å². The first kappa shape index (κ1) is 26.4. The summed E-state index contributed by atoms with van der Waals surface area (Å²) in [6.07, 6.45) is 12.0. The number of ether oxygens (including phenoxy) is 1. The maximum atomic E-state index is 13.5. The number of aliphatic imine (C=N–C) groups is 1. The van der Waals surface area contributed by atoms with E-state index < -0.39 is 0 Å². The van der Waals surface area contributed by atoms with Crippen molar-refractivity contribution in [3.05, 3.63) is 68.9 Å². The molecule has 6 nitrogen and oxygen atoms in total. The van der Waals surface area contributed by atoms with Crippen molar-refractivity contribution < 1.29 is 14.3 Å². The molecular weight excluding hydrogens is 494 g/mol. The Bertz CT molecular complexity index is 1340. The molecule has 200 valence electrons. The van der Waals surface area contributed by atoms with E-state index >= 15 is 0 Å². The van der Waals surface area contributed by atoms with Crippen LogP contribution < -0.4 is 5.32 Å². The molecule has 2 aromatic heterocycles. The van der Waals surface area contributed by atoms with E-state index in [0.29, 0.717) is 12.2 Å². The van der Waals surface area contributed by atoms with Crippen LogP contribution in [0.3, 0.4) is 0 Å². The first-order valence-electron chi connectivity index (χ1n) is 13.9. The maximum Gasteiger partial charge on any atom is 0.338 e. The second-order valence-electron chi connectivity index (χ2n) is 10.4. The number of carbonyl (C=O) groups excluding carboxylic acids is 2. The molecule has 0 unspecified atom stereocenters. The predicted molar refractivity (Wildman–Crippen MR) is 154 cm³/mol. The van der Waals surface area contributed by atoms with Gasteiger partial charge in [0.05, 0.1) is 17.7 Å². The lowest BCUT2D eigenvalue weighted by Gasteiger charge is -2.23. The van der Waals surface area contributed by atoms with Gasteiger partial charge in [-0.15, -0.1) is 11.3 Å². The summed E-state index contributed by atoms with van der Waals surface area (Å²) in [6.45, 7) is 6.30. The van der Waals surface area contributed by atoms with Crippen LogP contribution in [0.25, 0.3) is 5.69 Å². The number of hydrogen-bond acceptors (Lipinski definition) is 5. The van der Waals surface area contributed by atoms with Gasteiger partial charge in [0, 0.05) is 39.8 Å². The van der Waals surface area contributed by atoms with Crippen LogP contribution in [-0.4, -0.2) is 35.3 Å². The molecule has 5 rings (SSSR count). The van der Waals surface area contributed by atoms with Gasteiger partial charge in [-0.3, -0.25) is 4.79 Å². The number of carbonyl (C=O) groups is 2. The van der Waals surface area contributed by atoms with Crippen LogP contribution in [0.1, 0.15) is 100.0 Å². The molecule has 2 aliphatic carbocycles. The van der Waals surface area contributed by atoms with Crippen LogP contribution in [0, 0.1) is 13.8 Å². The zero-order chi connectivity index (χ0) is 26.6. The highest BCUT2D eigenvalue weighted by Gasteiger charge is 2.27. The van der Waals surface area contributed by atoms with E-state index in [9.17, 15) is 9.59 Å². The molecule has 0 radical (unpaired) electrons. The summed E-state index contributed by atoms with van der Waals surface area (Å²) in [5, 5.41) is 4.16. The molecular formula is C31H37N3O3S. The lowest BCUT2D eigenvalue weighted by molar-refractivity contribution is 0.0526. The number of benzene rings is 1. The summed E-state index contributed by atoms with van der Waals surface area (Å²) in [5.41, 5.74) is 6.69. The quantitative estimate of drug-likeness (QED) is 0.263. The number of aryl methyl sites for hydroxylation is 2. The van der Waals surface area contributed by atoms with Crippen molar-refractivity contribution in [2.45, 2.75) is 84.6 Å². The Labute approximate surface area is 229 Å². The van der Waals surface area contributed by atoms with Crippen molar-refractivity contribution in [3.63, 3.8) is 0 Å². The number of amides is 1. The molecule has 1 fully saturated rings. The molecule has 3 aromatic rings. The summed E-state index contributed by atoms with van der Waals surface area (Å²) in [4.78, 5) is 31.8. The largest absolute Gasteiger partial charge is 0.462 e. The summed E-state index contributed by atoms with van der Waals surface area (Å²) >= 11 is 1.68. The Kier molecular flexibility index (Phi) is 8.12. The van der Waals surface area contributed by atoms with Gasteiger partial charge < -0.3 is 14.6 Å². The maximum absolute atomic E-state index is 13.5. The molecule has 0 atom stereocenters. The third-order valence-electron chi connectivity index (χ3n) is 7.75. The van der Waals surface area contributed by atoms with Crippen molar-refractivity contribution in [1.29, 1.82) is 0 Å². The van der Waals surface area contributed by atoms with Gasteiger partial charge in [-0.1, -0.05) is 19.3 Å². The van der Waals surface area contributed by atoms with E-state index in [0.717, 1.165) is 65.3 Å². The third-order valence-corrected chi connectivity index (χ3v) is 8.95. The van der Waals surface area contributed by atoms with Gasteiger partial charge in [0.1, 0.15) is 5.00 Å². The molecule has 2 aliphatic rings. The van der Waals surface area contributed by atoms with Crippen LogP contribution in [0.4, 0.5) is 5.00 Å². The number of nitrogens with zero attached hydrogens (tertiary/aromatic N) is 2. The minimum Gasteiger partial charge on any atom is -0.462 e. The summed E-state index contributed by atoms with van der Waals surface area (Å²) in [6, 6.07) is 9.87. The van der Waals surface area contributed by atoms with Crippen molar-refractivity contribution in [2.24, 2.45) is 4.99 Å². The second-order valence-corrected chi connectivity index (χ2v) is 11.5. The van der Waals surface area contributed by atoms with E-state index in [1.807, 2.05) is 18.3 Å². The minimum atomic E-state index is -0.310. The number of thiophene rings is 1. The molecule has 0 saturated heterocycles. The molecule has 2 heterocycles. The minimum absolute atomic E-state index is 0.0515. The zero-order valence-electron chi connectivity index (χ0n) is 22.6. The van der Waals surface area contributed by atoms with Crippen LogP contribution in [-0.2, 0) is 17.6 Å². The summed E-state index contributed by atoms with van der Waals surface area (Å²) < 4.78 is 7.27. The fourth-order valence-electron chi connectivity index (χ4n) is 5.79. The first-order valence-corrected chi connectivity index (χ1v) is 14.7. The Morgan fingerprint density at radius 3 is 2.55 bits per heavy atom. The van der Waals surface area contributed by atoms with Crippen molar-refractivity contribution >= 4 is 34.4 Å². The van der Waals surface area contributed by atoms with Gasteiger partial charge in [0.2, 0.25) is 0 Å². The highest BCUT2D eigenvalue weighted by molar-refractivity contribution is 7.16. The lowest BCUT2D eigenvalue weighted by Crippen LogP contribution is -2.36. The normalized spacial score (nSPS) is 16.0. The van der Waals surface area contributed by atoms with Gasteiger partial charge in [-0.05, 0) is 95.2 Å². The van der Waals surface area contributed by atoms with Gasteiger partial charge in [-0.2, -0.15) is 0 Å². The van der Waals surface area contributed by atoms with Crippen molar-refractivity contribution in [3.8, 4) is 5.69 Å². The van der Waals surface area contributed by atoms with E-state index in [1.54, 1.807) is 30.4 Å². The SMILES string of the molecule is CCOC(=O)c1ccc(-n2c(C)cc(C=Nc3sc4c(c3C(=O)NC3CCCCC3)CCCC4)c2C)cc1. The molecule has 7 heteroatoms. The van der Waals surface area contributed by atoms with Gasteiger partial charge in [0.25, 0.3) is 5.91 Å². The number of hydrogen-bond donors (Lipinski definition) is 1. The third kappa shape index (κ3) is 5.48. The van der Waals surface area contributed by atoms with Crippen LogP contribution in [0.15, 0.2) is 35.3 Å². The fraction of sp³-hybridized carbons (Fsp3) is 0.452. The van der Waals surface area contributed by atoms with E-state index in [1.165, 1.54) is 36.1 Å². The van der Waals surface area contributed by atoms with Crippen molar-refractivity contribution in [1.82, 2.24) is 9.88 Å². The summed E-state index contributed by atoms with van der Waals surface area (Å²) in [7, 11) is 0.